The van der Waals surface area contributed by atoms with Gasteiger partial charge in [-0.2, -0.15) is 0 Å². The highest BCUT2D eigenvalue weighted by Crippen LogP contribution is 2.36. The number of ether oxygens (including phenoxy) is 2. The molecule has 1 aromatic heterocycles. The van der Waals surface area contributed by atoms with E-state index in [1.807, 2.05) is 13.0 Å². The highest BCUT2D eigenvalue weighted by molar-refractivity contribution is 6.03. The van der Waals surface area contributed by atoms with Crippen molar-refractivity contribution in [3.05, 3.63) is 23.4 Å². The van der Waals surface area contributed by atoms with Crippen LogP contribution in [0.25, 0.3) is 10.9 Å². The van der Waals surface area contributed by atoms with Crippen molar-refractivity contribution in [3.63, 3.8) is 0 Å². The van der Waals surface area contributed by atoms with Crippen LogP contribution in [0.4, 0.5) is 0 Å². The molecular formula is C13H16N2O3. The van der Waals surface area contributed by atoms with E-state index in [-0.39, 0.29) is 0 Å². The fourth-order valence-electron chi connectivity index (χ4n) is 2.34. The Bertz CT molecular complexity index is 629. The largest absolute Gasteiger partial charge is 0.497 e. The molecule has 0 saturated heterocycles. The number of amides is 1. The Morgan fingerprint density at radius 3 is 2.44 bits per heavy atom. The fraction of sp³-hybridized carbons (Fsp3) is 0.308. The van der Waals surface area contributed by atoms with Gasteiger partial charge in [0.05, 0.1) is 19.7 Å². The number of aromatic nitrogens is 1. The number of primary amides is 1. The Kier molecular flexibility index (Phi) is 2.90. The molecule has 0 aliphatic carbocycles. The van der Waals surface area contributed by atoms with Crippen LogP contribution in [0, 0.1) is 6.92 Å². The monoisotopic (exact) mass is 248 g/mol. The summed E-state index contributed by atoms with van der Waals surface area (Å²) >= 11 is 0. The van der Waals surface area contributed by atoms with Crippen LogP contribution in [0.5, 0.6) is 11.5 Å². The zero-order chi connectivity index (χ0) is 13.4. The maximum absolute atomic E-state index is 11.5. The Hall–Kier alpha value is -2.17. The van der Waals surface area contributed by atoms with E-state index in [1.54, 1.807) is 31.9 Å². The molecule has 1 aromatic carbocycles. The van der Waals surface area contributed by atoms with E-state index in [2.05, 4.69) is 0 Å². The van der Waals surface area contributed by atoms with Gasteiger partial charge in [-0.3, -0.25) is 4.79 Å². The molecule has 0 saturated carbocycles. The van der Waals surface area contributed by atoms with Crippen molar-refractivity contribution in [3.8, 4) is 11.5 Å². The fourth-order valence-corrected chi connectivity index (χ4v) is 2.34. The number of carbonyl (C=O) groups excluding carboxylic acids is 1. The lowest BCUT2D eigenvalue weighted by molar-refractivity contribution is 0.0992. The van der Waals surface area contributed by atoms with E-state index < -0.39 is 5.91 Å². The van der Waals surface area contributed by atoms with Gasteiger partial charge in [0.1, 0.15) is 17.2 Å². The summed E-state index contributed by atoms with van der Waals surface area (Å²) < 4.78 is 12.3. The lowest BCUT2D eigenvalue weighted by Gasteiger charge is -2.07. The number of aryl methyl sites for hydroxylation is 2. The minimum Gasteiger partial charge on any atom is -0.497 e. The number of rotatable bonds is 3. The Balaban J connectivity index is 2.92. The van der Waals surface area contributed by atoms with E-state index in [4.69, 9.17) is 15.2 Å². The number of methoxy groups -OCH3 is 2. The van der Waals surface area contributed by atoms with Crippen molar-refractivity contribution in [1.82, 2.24) is 4.57 Å². The first-order valence-electron chi connectivity index (χ1n) is 5.52. The molecule has 0 bridgehead atoms. The van der Waals surface area contributed by atoms with Gasteiger partial charge in [0, 0.05) is 24.6 Å². The maximum atomic E-state index is 11.5. The summed E-state index contributed by atoms with van der Waals surface area (Å²) in [4.78, 5) is 11.5. The van der Waals surface area contributed by atoms with Crippen molar-refractivity contribution in [2.45, 2.75) is 6.92 Å². The van der Waals surface area contributed by atoms with Crippen molar-refractivity contribution in [2.24, 2.45) is 12.8 Å². The molecule has 96 valence electrons. The number of carbonyl (C=O) groups is 1. The Labute approximate surface area is 105 Å². The highest BCUT2D eigenvalue weighted by Gasteiger charge is 2.19. The SMILES string of the molecule is COc1cc(OC)c2c(C)c(C(N)=O)n(C)c2c1. The van der Waals surface area contributed by atoms with Crippen LogP contribution in [-0.4, -0.2) is 24.7 Å². The number of fused-ring (bicyclic) bond motifs is 1. The second-order valence-corrected chi connectivity index (χ2v) is 4.12. The van der Waals surface area contributed by atoms with Crippen LogP contribution >= 0.6 is 0 Å². The first-order chi connectivity index (χ1) is 8.51. The molecule has 18 heavy (non-hydrogen) atoms. The van der Waals surface area contributed by atoms with Crippen LogP contribution < -0.4 is 15.2 Å². The summed E-state index contributed by atoms with van der Waals surface area (Å²) in [5, 5.41) is 0.884. The molecule has 1 amide bonds. The van der Waals surface area contributed by atoms with Crippen LogP contribution in [0.15, 0.2) is 12.1 Å². The van der Waals surface area contributed by atoms with Gasteiger partial charge in [-0.15, -0.1) is 0 Å². The second-order valence-electron chi connectivity index (χ2n) is 4.12. The molecule has 1 heterocycles. The van der Waals surface area contributed by atoms with Gasteiger partial charge in [-0.05, 0) is 12.5 Å². The molecule has 2 aromatic rings. The lowest BCUT2D eigenvalue weighted by Crippen LogP contribution is -2.16. The van der Waals surface area contributed by atoms with Gasteiger partial charge in [0.2, 0.25) is 0 Å². The topological polar surface area (TPSA) is 66.5 Å². The minimum absolute atomic E-state index is 0.452. The van der Waals surface area contributed by atoms with Crippen LogP contribution in [0.1, 0.15) is 16.1 Å². The number of nitrogens with two attached hydrogens (primary N) is 1. The molecule has 0 spiro atoms. The van der Waals surface area contributed by atoms with Crippen molar-refractivity contribution < 1.29 is 14.3 Å². The van der Waals surface area contributed by atoms with E-state index in [0.717, 1.165) is 16.5 Å². The third-order valence-corrected chi connectivity index (χ3v) is 3.17. The maximum Gasteiger partial charge on any atom is 0.265 e. The summed E-state index contributed by atoms with van der Waals surface area (Å²) in [7, 11) is 4.98. The molecule has 0 radical (unpaired) electrons. The van der Waals surface area contributed by atoms with E-state index in [9.17, 15) is 4.79 Å². The smallest absolute Gasteiger partial charge is 0.265 e. The minimum atomic E-state index is -0.452. The molecule has 2 rings (SSSR count). The molecule has 5 heteroatoms. The normalized spacial score (nSPS) is 10.7. The number of hydrogen-bond acceptors (Lipinski definition) is 3. The standard InChI is InChI=1S/C13H16N2O3/c1-7-11-9(15(2)12(7)13(14)16)5-8(17-3)6-10(11)18-4/h5-6H,1-4H3,(H2,14,16). The average Bonchev–Trinajstić information content (AvgIpc) is 2.60. The summed E-state index contributed by atoms with van der Waals surface area (Å²) in [5.41, 5.74) is 7.57. The Morgan fingerprint density at radius 1 is 1.28 bits per heavy atom. The van der Waals surface area contributed by atoms with Gasteiger partial charge in [0.25, 0.3) is 5.91 Å². The predicted molar refractivity (Wildman–Crippen MR) is 69.3 cm³/mol. The van der Waals surface area contributed by atoms with Crippen molar-refractivity contribution >= 4 is 16.8 Å². The zero-order valence-corrected chi connectivity index (χ0v) is 10.9. The Morgan fingerprint density at radius 2 is 1.94 bits per heavy atom. The van der Waals surface area contributed by atoms with E-state index >= 15 is 0 Å². The van der Waals surface area contributed by atoms with Gasteiger partial charge in [-0.25, -0.2) is 0 Å². The number of hydrogen-bond donors (Lipinski definition) is 1. The van der Waals surface area contributed by atoms with Gasteiger partial charge >= 0.3 is 0 Å². The summed E-state index contributed by atoms with van der Waals surface area (Å²) in [5.74, 6) is 0.896. The molecule has 0 fully saturated rings. The van der Waals surface area contributed by atoms with Gasteiger partial charge in [-0.1, -0.05) is 0 Å². The molecule has 5 nitrogen and oxygen atoms in total. The van der Waals surface area contributed by atoms with E-state index in [1.165, 1.54) is 0 Å². The molecule has 0 aliphatic rings. The van der Waals surface area contributed by atoms with Crippen LogP contribution in [-0.2, 0) is 7.05 Å². The van der Waals surface area contributed by atoms with Crippen LogP contribution in [0.2, 0.25) is 0 Å². The molecule has 0 unspecified atom stereocenters. The predicted octanol–water partition coefficient (Wildman–Crippen LogP) is 1.60. The first kappa shape index (κ1) is 12.3. The van der Waals surface area contributed by atoms with Crippen LogP contribution in [0.3, 0.4) is 0 Å². The first-order valence-corrected chi connectivity index (χ1v) is 5.52. The zero-order valence-electron chi connectivity index (χ0n) is 10.9. The number of benzene rings is 1. The van der Waals surface area contributed by atoms with Crippen molar-refractivity contribution in [2.75, 3.05) is 14.2 Å². The summed E-state index contributed by atoms with van der Waals surface area (Å²) in [6.07, 6.45) is 0. The van der Waals surface area contributed by atoms with E-state index in [0.29, 0.717) is 17.2 Å². The average molecular weight is 248 g/mol. The second kappa shape index (κ2) is 4.25. The third-order valence-electron chi connectivity index (χ3n) is 3.17. The van der Waals surface area contributed by atoms with Gasteiger partial charge < -0.3 is 19.8 Å². The summed E-state index contributed by atoms with van der Waals surface area (Å²) in [6.45, 7) is 1.86. The highest BCUT2D eigenvalue weighted by atomic mass is 16.5. The lowest BCUT2D eigenvalue weighted by atomic mass is 10.1. The quantitative estimate of drug-likeness (QED) is 0.897. The molecule has 0 aliphatic heterocycles. The van der Waals surface area contributed by atoms with Gasteiger partial charge in [0.15, 0.2) is 0 Å². The third kappa shape index (κ3) is 1.59. The number of nitrogens with zero attached hydrogens (tertiary/aromatic N) is 1. The molecule has 2 N–H and O–H groups in total. The van der Waals surface area contributed by atoms with Crippen molar-refractivity contribution in [1.29, 1.82) is 0 Å². The molecule has 0 atom stereocenters. The summed E-state index contributed by atoms with van der Waals surface area (Å²) in [6, 6.07) is 3.65. The molecular weight excluding hydrogens is 232 g/mol.